The quantitative estimate of drug-likeness (QED) is 0.672. The van der Waals surface area contributed by atoms with Crippen molar-refractivity contribution < 1.29 is 4.79 Å². The first-order valence-electron chi connectivity index (χ1n) is 5.34. The first-order valence-corrected chi connectivity index (χ1v) is 5.97. The van der Waals surface area contributed by atoms with Crippen molar-refractivity contribution in [3.05, 3.63) is 0 Å². The van der Waals surface area contributed by atoms with Gasteiger partial charge in [-0.15, -0.1) is 0 Å². The summed E-state index contributed by atoms with van der Waals surface area (Å²) >= 11 is 4.02. The van der Waals surface area contributed by atoms with Crippen LogP contribution in [0.1, 0.15) is 25.7 Å². The van der Waals surface area contributed by atoms with Gasteiger partial charge >= 0.3 is 0 Å². The molecular formula is C10H20N2OS. The van der Waals surface area contributed by atoms with Gasteiger partial charge in [-0.05, 0) is 32.7 Å². The molecule has 3 nitrogen and oxygen atoms in total. The van der Waals surface area contributed by atoms with Crippen LogP contribution in [-0.2, 0) is 4.79 Å². The topological polar surface area (TPSA) is 32.3 Å². The van der Waals surface area contributed by atoms with Crippen molar-refractivity contribution in [1.29, 1.82) is 0 Å². The van der Waals surface area contributed by atoms with Crippen molar-refractivity contribution in [2.24, 2.45) is 0 Å². The lowest BCUT2D eigenvalue weighted by Gasteiger charge is -2.27. The molecule has 1 N–H and O–H groups in total. The second-order valence-electron chi connectivity index (χ2n) is 3.81. The minimum atomic E-state index is 0.177. The Kier molecular flexibility index (Phi) is 5.33. The number of thiol groups is 1. The molecule has 0 aromatic carbocycles. The zero-order chi connectivity index (χ0) is 10.4. The van der Waals surface area contributed by atoms with Crippen LogP contribution in [-0.4, -0.2) is 42.7 Å². The van der Waals surface area contributed by atoms with E-state index < -0.39 is 0 Å². The van der Waals surface area contributed by atoms with Crippen LogP contribution in [0.15, 0.2) is 0 Å². The van der Waals surface area contributed by atoms with Crippen LogP contribution in [0.2, 0.25) is 0 Å². The Morgan fingerprint density at radius 3 is 2.43 bits per heavy atom. The summed E-state index contributed by atoms with van der Waals surface area (Å²) in [5, 5.41) is 3.31. The Bertz CT molecular complexity index is 177. The van der Waals surface area contributed by atoms with Crippen molar-refractivity contribution in [2.75, 3.05) is 25.9 Å². The summed E-state index contributed by atoms with van der Waals surface area (Å²) in [5.74, 6) is 0.520. The average molecular weight is 216 g/mol. The van der Waals surface area contributed by atoms with Gasteiger partial charge in [0.2, 0.25) is 5.91 Å². The first kappa shape index (κ1) is 11.9. The molecule has 1 aliphatic heterocycles. The molecule has 1 saturated heterocycles. The van der Waals surface area contributed by atoms with Crippen molar-refractivity contribution >= 4 is 18.5 Å². The Morgan fingerprint density at radius 1 is 1.43 bits per heavy atom. The van der Waals surface area contributed by atoms with E-state index in [2.05, 4.69) is 17.9 Å². The van der Waals surface area contributed by atoms with E-state index in [1.807, 2.05) is 11.9 Å². The van der Waals surface area contributed by atoms with Crippen LogP contribution < -0.4 is 5.32 Å². The molecule has 0 saturated carbocycles. The zero-order valence-electron chi connectivity index (χ0n) is 8.83. The molecule has 0 aromatic rings. The summed E-state index contributed by atoms with van der Waals surface area (Å²) in [6.07, 6.45) is 4.55. The molecular weight excluding hydrogens is 196 g/mol. The molecule has 0 aromatic heterocycles. The lowest BCUT2D eigenvalue weighted by molar-refractivity contribution is -0.128. The van der Waals surface area contributed by atoms with Crippen molar-refractivity contribution in [2.45, 2.75) is 31.7 Å². The van der Waals surface area contributed by atoms with Crippen molar-refractivity contribution in [3.63, 3.8) is 0 Å². The van der Waals surface area contributed by atoms with Crippen LogP contribution in [0.4, 0.5) is 0 Å². The Hall–Kier alpha value is -0.220. The Labute approximate surface area is 91.6 Å². The number of carbonyl (C=O) groups is 1. The minimum absolute atomic E-state index is 0.177. The van der Waals surface area contributed by atoms with E-state index in [-0.39, 0.29) is 5.91 Å². The monoisotopic (exact) mass is 216 g/mol. The van der Waals surface area contributed by atoms with Gasteiger partial charge in [-0.2, -0.15) is 12.6 Å². The summed E-state index contributed by atoms with van der Waals surface area (Å²) in [6.45, 7) is 1.80. The lowest BCUT2D eigenvalue weighted by atomic mass is 10.0. The second-order valence-corrected chi connectivity index (χ2v) is 4.13. The highest BCUT2D eigenvalue weighted by Gasteiger charge is 2.16. The van der Waals surface area contributed by atoms with Crippen LogP contribution in [0.5, 0.6) is 0 Å². The van der Waals surface area contributed by atoms with Gasteiger partial charge in [0.25, 0.3) is 0 Å². The molecule has 4 heteroatoms. The number of hydrogen-bond donors (Lipinski definition) is 2. The molecule has 0 bridgehead atoms. The number of amides is 1. The van der Waals surface area contributed by atoms with Gasteiger partial charge in [0.05, 0.1) is 5.75 Å². The summed E-state index contributed by atoms with van der Waals surface area (Å²) in [7, 11) is 2.02. The molecule has 0 unspecified atom stereocenters. The van der Waals surface area contributed by atoms with Gasteiger partial charge in [0, 0.05) is 19.1 Å². The van der Waals surface area contributed by atoms with Crippen molar-refractivity contribution in [3.8, 4) is 0 Å². The SMILES string of the molecule is CNC1CCCN(C(=O)CS)CCC1. The van der Waals surface area contributed by atoms with E-state index >= 15 is 0 Å². The molecule has 0 spiro atoms. The molecule has 82 valence electrons. The largest absolute Gasteiger partial charge is 0.342 e. The maximum absolute atomic E-state index is 11.4. The summed E-state index contributed by atoms with van der Waals surface area (Å²) < 4.78 is 0. The summed E-state index contributed by atoms with van der Waals surface area (Å²) in [5.41, 5.74) is 0. The van der Waals surface area contributed by atoms with E-state index in [0.29, 0.717) is 11.8 Å². The highest BCUT2D eigenvalue weighted by Crippen LogP contribution is 2.11. The predicted molar refractivity (Wildman–Crippen MR) is 61.7 cm³/mol. The van der Waals surface area contributed by atoms with Gasteiger partial charge in [-0.3, -0.25) is 4.79 Å². The van der Waals surface area contributed by atoms with E-state index in [0.717, 1.165) is 25.9 Å². The van der Waals surface area contributed by atoms with Crippen molar-refractivity contribution in [1.82, 2.24) is 10.2 Å². The highest BCUT2D eigenvalue weighted by molar-refractivity contribution is 7.81. The minimum Gasteiger partial charge on any atom is -0.342 e. The van der Waals surface area contributed by atoms with Crippen LogP contribution >= 0.6 is 12.6 Å². The number of hydrogen-bond acceptors (Lipinski definition) is 3. The smallest absolute Gasteiger partial charge is 0.232 e. The molecule has 1 aliphatic rings. The molecule has 1 fully saturated rings. The molecule has 0 atom stereocenters. The van der Waals surface area contributed by atoms with Crippen LogP contribution in [0.3, 0.4) is 0 Å². The fourth-order valence-electron chi connectivity index (χ4n) is 1.95. The average Bonchev–Trinajstić information content (AvgIpc) is 2.17. The standard InChI is InChI=1S/C10H20N2OS/c1-11-9-4-2-6-12(7-3-5-9)10(13)8-14/h9,11,14H,2-8H2,1H3. The van der Waals surface area contributed by atoms with Crippen LogP contribution in [0.25, 0.3) is 0 Å². The van der Waals surface area contributed by atoms with Gasteiger partial charge < -0.3 is 10.2 Å². The molecule has 1 amide bonds. The van der Waals surface area contributed by atoms with E-state index in [1.165, 1.54) is 12.8 Å². The molecule has 0 radical (unpaired) electrons. The van der Waals surface area contributed by atoms with Gasteiger partial charge in [-0.25, -0.2) is 0 Å². The maximum atomic E-state index is 11.4. The normalized spacial score (nSPS) is 20.3. The fraction of sp³-hybridized carbons (Fsp3) is 0.900. The lowest BCUT2D eigenvalue weighted by Crippen LogP contribution is -2.38. The van der Waals surface area contributed by atoms with E-state index in [4.69, 9.17) is 0 Å². The Balaban J connectivity index is 2.36. The number of nitrogens with zero attached hydrogens (tertiary/aromatic N) is 1. The third-order valence-corrected chi connectivity index (χ3v) is 3.13. The highest BCUT2D eigenvalue weighted by atomic mass is 32.1. The number of carbonyl (C=O) groups excluding carboxylic acids is 1. The maximum Gasteiger partial charge on any atom is 0.232 e. The fourth-order valence-corrected chi connectivity index (χ4v) is 2.15. The van der Waals surface area contributed by atoms with E-state index in [9.17, 15) is 4.79 Å². The zero-order valence-corrected chi connectivity index (χ0v) is 9.72. The summed E-state index contributed by atoms with van der Waals surface area (Å²) in [6, 6.07) is 0.642. The Morgan fingerprint density at radius 2 is 2.00 bits per heavy atom. The molecule has 1 heterocycles. The number of rotatable bonds is 2. The predicted octanol–water partition coefficient (Wildman–Crippen LogP) is 0.907. The second kappa shape index (κ2) is 6.30. The molecule has 0 aliphatic carbocycles. The molecule has 14 heavy (non-hydrogen) atoms. The number of likely N-dealkylation sites (tertiary alicyclic amines) is 1. The van der Waals surface area contributed by atoms with Gasteiger partial charge in [0.15, 0.2) is 0 Å². The first-order chi connectivity index (χ1) is 6.77. The third kappa shape index (κ3) is 3.50. The van der Waals surface area contributed by atoms with Crippen LogP contribution in [0, 0.1) is 0 Å². The van der Waals surface area contributed by atoms with E-state index in [1.54, 1.807) is 0 Å². The molecule has 1 rings (SSSR count). The summed E-state index contributed by atoms with van der Waals surface area (Å²) in [4.78, 5) is 13.4. The van der Waals surface area contributed by atoms with Gasteiger partial charge in [-0.1, -0.05) is 0 Å². The number of nitrogens with one attached hydrogen (secondary N) is 1. The van der Waals surface area contributed by atoms with Gasteiger partial charge in [0.1, 0.15) is 0 Å². The third-order valence-electron chi connectivity index (χ3n) is 2.86.